The summed E-state index contributed by atoms with van der Waals surface area (Å²) in [4.78, 5) is 18.3. The van der Waals surface area contributed by atoms with E-state index in [9.17, 15) is 10.1 Å². The third kappa shape index (κ3) is 3.38. The van der Waals surface area contributed by atoms with Gasteiger partial charge < -0.3 is 5.32 Å². The minimum Gasteiger partial charge on any atom is -0.364 e. The maximum atomic E-state index is 10.8. The van der Waals surface area contributed by atoms with Crippen molar-refractivity contribution in [2.24, 2.45) is 7.05 Å². The average molecular weight is 283 g/mol. The highest BCUT2D eigenvalue weighted by atomic mass is 35.5. The Morgan fingerprint density at radius 3 is 2.95 bits per heavy atom. The lowest BCUT2D eigenvalue weighted by Crippen LogP contribution is -2.09. The number of anilines is 1. The van der Waals surface area contributed by atoms with Gasteiger partial charge >= 0.3 is 5.69 Å². The fourth-order valence-electron chi connectivity index (χ4n) is 1.50. The first-order valence-corrected chi connectivity index (χ1v) is 5.83. The van der Waals surface area contributed by atoms with Gasteiger partial charge in [0, 0.05) is 26.1 Å². The third-order valence-electron chi connectivity index (χ3n) is 2.32. The Hall–Kier alpha value is -2.22. The van der Waals surface area contributed by atoms with Crippen LogP contribution in [-0.2, 0) is 13.5 Å². The smallest absolute Gasteiger partial charge is 0.311 e. The molecule has 0 aliphatic heterocycles. The predicted octanol–water partition coefficient (Wildman–Crippen LogP) is 1.43. The molecule has 8 nitrogen and oxygen atoms in total. The van der Waals surface area contributed by atoms with E-state index in [4.69, 9.17) is 11.6 Å². The molecule has 2 aromatic heterocycles. The molecule has 100 valence electrons. The van der Waals surface area contributed by atoms with E-state index in [-0.39, 0.29) is 16.7 Å². The van der Waals surface area contributed by atoms with Crippen LogP contribution < -0.4 is 5.32 Å². The summed E-state index contributed by atoms with van der Waals surface area (Å²) in [6.45, 7) is 0.429. The lowest BCUT2D eigenvalue weighted by Gasteiger charge is -2.04. The van der Waals surface area contributed by atoms with Crippen molar-refractivity contribution in [3.63, 3.8) is 0 Å². The lowest BCUT2D eigenvalue weighted by atomic mass is 10.3. The van der Waals surface area contributed by atoms with Gasteiger partial charge in [-0.1, -0.05) is 11.6 Å². The van der Waals surface area contributed by atoms with E-state index in [1.807, 2.05) is 0 Å². The summed E-state index contributed by atoms with van der Waals surface area (Å²) in [6.07, 6.45) is 2.13. The van der Waals surface area contributed by atoms with Gasteiger partial charge in [0.25, 0.3) is 0 Å². The van der Waals surface area contributed by atoms with Gasteiger partial charge in [0.05, 0.1) is 4.92 Å². The average Bonchev–Trinajstić information content (AvgIpc) is 2.75. The van der Waals surface area contributed by atoms with Gasteiger partial charge in [0.15, 0.2) is 5.82 Å². The second-order valence-corrected chi connectivity index (χ2v) is 4.16. The normalized spacial score (nSPS) is 10.4. The van der Waals surface area contributed by atoms with Crippen LogP contribution in [-0.4, -0.2) is 31.2 Å². The van der Waals surface area contributed by atoms with Crippen LogP contribution in [0.1, 0.15) is 5.82 Å². The molecule has 2 heterocycles. The Morgan fingerprint density at radius 1 is 1.53 bits per heavy atom. The van der Waals surface area contributed by atoms with Crippen molar-refractivity contribution in [3.8, 4) is 0 Å². The molecule has 0 aliphatic carbocycles. The molecule has 19 heavy (non-hydrogen) atoms. The number of rotatable bonds is 5. The van der Waals surface area contributed by atoms with Crippen molar-refractivity contribution in [3.05, 3.63) is 39.6 Å². The molecule has 0 saturated heterocycles. The second kappa shape index (κ2) is 5.61. The highest BCUT2D eigenvalue weighted by molar-refractivity contribution is 6.29. The Bertz CT molecular complexity index is 599. The molecular formula is C10H11ClN6O2. The van der Waals surface area contributed by atoms with Crippen molar-refractivity contribution in [1.29, 1.82) is 0 Å². The zero-order chi connectivity index (χ0) is 13.8. The number of nitrogens with one attached hydrogen (secondary N) is 1. The van der Waals surface area contributed by atoms with Gasteiger partial charge in [0.2, 0.25) is 5.82 Å². The molecule has 0 spiro atoms. The Kier molecular flexibility index (Phi) is 3.91. The summed E-state index contributed by atoms with van der Waals surface area (Å²) < 4.78 is 1.59. The quantitative estimate of drug-likeness (QED) is 0.506. The number of hydrogen-bond donors (Lipinski definition) is 1. The van der Waals surface area contributed by atoms with E-state index in [2.05, 4.69) is 20.4 Å². The molecule has 0 bridgehead atoms. The summed E-state index contributed by atoms with van der Waals surface area (Å²) >= 11 is 5.72. The first-order valence-electron chi connectivity index (χ1n) is 5.45. The molecule has 0 saturated carbocycles. The SMILES string of the molecule is Cn1cnc(CCNc2nc(Cl)ccc2[N+](=O)[O-])n1. The largest absolute Gasteiger partial charge is 0.364 e. The molecule has 0 amide bonds. The minimum absolute atomic E-state index is 0.113. The predicted molar refractivity (Wildman–Crippen MR) is 69.1 cm³/mol. The van der Waals surface area contributed by atoms with Crippen molar-refractivity contribution < 1.29 is 4.92 Å². The molecule has 0 aliphatic rings. The van der Waals surface area contributed by atoms with Crippen LogP contribution in [0.15, 0.2) is 18.5 Å². The number of halogens is 1. The van der Waals surface area contributed by atoms with E-state index >= 15 is 0 Å². The van der Waals surface area contributed by atoms with Crippen LogP contribution in [0, 0.1) is 10.1 Å². The van der Waals surface area contributed by atoms with Crippen LogP contribution in [0.25, 0.3) is 0 Å². The molecule has 0 unspecified atom stereocenters. The monoisotopic (exact) mass is 282 g/mol. The summed E-state index contributed by atoms with van der Waals surface area (Å²) in [5.41, 5.74) is -0.113. The molecule has 0 atom stereocenters. The summed E-state index contributed by atoms with van der Waals surface area (Å²) in [7, 11) is 1.77. The maximum Gasteiger partial charge on any atom is 0.311 e. The first-order chi connectivity index (χ1) is 9.06. The van der Waals surface area contributed by atoms with E-state index in [1.165, 1.54) is 12.1 Å². The highest BCUT2D eigenvalue weighted by Crippen LogP contribution is 2.23. The third-order valence-corrected chi connectivity index (χ3v) is 2.54. The van der Waals surface area contributed by atoms with Gasteiger partial charge in [-0.05, 0) is 6.07 Å². The van der Waals surface area contributed by atoms with Crippen LogP contribution in [0.2, 0.25) is 5.15 Å². The van der Waals surface area contributed by atoms with Crippen molar-refractivity contribution in [2.75, 3.05) is 11.9 Å². The number of pyridine rings is 1. The number of aryl methyl sites for hydroxylation is 1. The summed E-state index contributed by atoms with van der Waals surface area (Å²) in [5, 5.41) is 18.0. The van der Waals surface area contributed by atoms with Crippen LogP contribution >= 0.6 is 11.6 Å². The zero-order valence-corrected chi connectivity index (χ0v) is 10.8. The summed E-state index contributed by atoms with van der Waals surface area (Å²) in [5.74, 6) is 0.799. The Labute approximate surface area is 113 Å². The van der Waals surface area contributed by atoms with Gasteiger partial charge in [-0.25, -0.2) is 9.97 Å². The number of nitrogens with zero attached hydrogens (tertiary/aromatic N) is 5. The van der Waals surface area contributed by atoms with Gasteiger partial charge in [-0.3, -0.25) is 14.8 Å². The number of hydrogen-bond acceptors (Lipinski definition) is 6. The minimum atomic E-state index is -0.509. The second-order valence-electron chi connectivity index (χ2n) is 3.77. The number of nitro groups is 1. The lowest BCUT2D eigenvalue weighted by molar-refractivity contribution is -0.384. The standard InChI is InChI=1S/C10H11ClN6O2/c1-16-6-13-9(15-16)4-5-12-10-7(17(18)19)2-3-8(11)14-10/h2-3,6H,4-5H2,1H3,(H,12,14). The van der Waals surface area contributed by atoms with Crippen molar-refractivity contribution in [1.82, 2.24) is 19.7 Å². The van der Waals surface area contributed by atoms with Crippen LogP contribution in [0.3, 0.4) is 0 Å². The highest BCUT2D eigenvalue weighted by Gasteiger charge is 2.15. The fraction of sp³-hybridized carbons (Fsp3) is 0.300. The van der Waals surface area contributed by atoms with Gasteiger partial charge in [0.1, 0.15) is 11.5 Å². The molecule has 2 aromatic rings. The molecule has 2 rings (SSSR count). The van der Waals surface area contributed by atoms with E-state index in [0.717, 1.165) is 0 Å². The van der Waals surface area contributed by atoms with Crippen LogP contribution in [0.5, 0.6) is 0 Å². The molecule has 0 aromatic carbocycles. The van der Waals surface area contributed by atoms with Crippen molar-refractivity contribution >= 4 is 23.1 Å². The zero-order valence-electron chi connectivity index (χ0n) is 10.1. The molecule has 1 N–H and O–H groups in total. The van der Waals surface area contributed by atoms with E-state index in [0.29, 0.717) is 18.8 Å². The topological polar surface area (TPSA) is 98.8 Å². The molecular weight excluding hydrogens is 272 g/mol. The Morgan fingerprint density at radius 2 is 2.32 bits per heavy atom. The van der Waals surface area contributed by atoms with Crippen molar-refractivity contribution in [2.45, 2.75) is 6.42 Å². The summed E-state index contributed by atoms with van der Waals surface area (Å²) in [6, 6.07) is 2.70. The van der Waals surface area contributed by atoms with Crippen LogP contribution in [0.4, 0.5) is 11.5 Å². The maximum absolute atomic E-state index is 10.8. The fourth-order valence-corrected chi connectivity index (χ4v) is 1.64. The molecule has 0 radical (unpaired) electrons. The van der Waals surface area contributed by atoms with E-state index < -0.39 is 4.92 Å². The van der Waals surface area contributed by atoms with Gasteiger partial charge in [-0.2, -0.15) is 5.10 Å². The van der Waals surface area contributed by atoms with E-state index in [1.54, 1.807) is 18.1 Å². The number of aromatic nitrogens is 4. The Balaban J connectivity index is 2.02. The molecule has 9 heteroatoms. The molecule has 0 fully saturated rings. The first kappa shape index (κ1) is 13.2. The van der Waals surface area contributed by atoms with Gasteiger partial charge in [-0.15, -0.1) is 0 Å².